The van der Waals surface area contributed by atoms with Crippen molar-refractivity contribution < 1.29 is 9.84 Å². The van der Waals surface area contributed by atoms with Crippen LogP contribution in [0.15, 0.2) is 24.3 Å². The summed E-state index contributed by atoms with van der Waals surface area (Å²) in [6.45, 7) is 3.18. The highest BCUT2D eigenvalue weighted by atomic mass is 35.5. The second-order valence-electron chi connectivity index (χ2n) is 5.96. The minimum Gasteiger partial charge on any atom is -0.393 e. The number of aliphatic hydroxyl groups excluding tert-OH is 1. The molecular weight excluding hydrogens is 248 g/mol. The Labute approximate surface area is 113 Å². The molecule has 1 aromatic carbocycles. The third kappa shape index (κ3) is 1.63. The number of ether oxygens (including phenoxy) is 1. The molecule has 1 aromatic rings. The van der Waals surface area contributed by atoms with Crippen LogP contribution in [0.3, 0.4) is 0 Å². The van der Waals surface area contributed by atoms with Crippen molar-refractivity contribution in [3.8, 4) is 0 Å². The Morgan fingerprint density at radius 3 is 2.67 bits per heavy atom. The van der Waals surface area contributed by atoms with Gasteiger partial charge in [0.15, 0.2) is 0 Å². The summed E-state index contributed by atoms with van der Waals surface area (Å²) in [6, 6.07) is 8.00. The molecule has 1 N–H and O–H groups in total. The van der Waals surface area contributed by atoms with Crippen LogP contribution >= 0.6 is 11.6 Å². The van der Waals surface area contributed by atoms with Crippen LogP contribution in [0.4, 0.5) is 0 Å². The van der Waals surface area contributed by atoms with Crippen LogP contribution in [0.5, 0.6) is 0 Å². The van der Waals surface area contributed by atoms with Crippen molar-refractivity contribution in [1.29, 1.82) is 0 Å². The predicted molar refractivity (Wildman–Crippen MR) is 71.8 cm³/mol. The van der Waals surface area contributed by atoms with E-state index >= 15 is 0 Å². The maximum absolute atomic E-state index is 9.76. The molecule has 2 aliphatic rings. The average molecular weight is 267 g/mol. The van der Waals surface area contributed by atoms with E-state index in [1.54, 1.807) is 0 Å². The fraction of sp³-hybridized carbons (Fsp3) is 0.600. The molecule has 0 amide bonds. The Morgan fingerprint density at radius 1 is 1.39 bits per heavy atom. The first-order valence-electron chi connectivity index (χ1n) is 6.59. The van der Waals surface area contributed by atoms with Crippen LogP contribution in [0.25, 0.3) is 0 Å². The molecule has 1 saturated heterocycles. The van der Waals surface area contributed by atoms with E-state index in [9.17, 15) is 5.11 Å². The molecule has 98 valence electrons. The molecule has 0 bridgehead atoms. The van der Waals surface area contributed by atoms with Gasteiger partial charge in [0.25, 0.3) is 0 Å². The van der Waals surface area contributed by atoms with Crippen molar-refractivity contribution in [2.24, 2.45) is 11.3 Å². The Hall–Kier alpha value is -0.570. The molecule has 1 aliphatic heterocycles. The Balaban J connectivity index is 1.79. The number of hydrogen-bond donors (Lipinski definition) is 1. The molecule has 1 heterocycles. The van der Waals surface area contributed by atoms with Crippen LogP contribution in [0.2, 0.25) is 5.02 Å². The van der Waals surface area contributed by atoms with Gasteiger partial charge >= 0.3 is 0 Å². The number of halogens is 1. The van der Waals surface area contributed by atoms with Crippen molar-refractivity contribution in [1.82, 2.24) is 0 Å². The van der Waals surface area contributed by atoms with Crippen LogP contribution in [-0.2, 0) is 11.2 Å². The summed E-state index contributed by atoms with van der Waals surface area (Å²) in [7, 11) is 0. The van der Waals surface area contributed by atoms with Crippen molar-refractivity contribution in [2.45, 2.75) is 31.8 Å². The lowest BCUT2D eigenvalue weighted by atomic mass is 9.68. The van der Waals surface area contributed by atoms with E-state index in [2.05, 4.69) is 19.1 Å². The fourth-order valence-corrected chi connectivity index (χ4v) is 3.79. The maximum atomic E-state index is 9.76. The van der Waals surface area contributed by atoms with Crippen LogP contribution in [-0.4, -0.2) is 23.9 Å². The highest BCUT2D eigenvalue weighted by Gasteiger charge is 2.64. The second kappa shape index (κ2) is 4.22. The van der Waals surface area contributed by atoms with Gasteiger partial charge in [-0.3, -0.25) is 0 Å². The third-order valence-corrected chi connectivity index (χ3v) is 5.26. The quantitative estimate of drug-likeness (QED) is 0.911. The fourth-order valence-electron chi connectivity index (χ4n) is 3.66. The van der Waals surface area contributed by atoms with Crippen molar-refractivity contribution in [2.75, 3.05) is 13.2 Å². The smallest absolute Gasteiger partial charge is 0.102 e. The number of hydrogen-bond acceptors (Lipinski definition) is 2. The first-order chi connectivity index (χ1) is 8.60. The molecular formula is C15H19ClO2. The molecule has 1 aliphatic carbocycles. The monoisotopic (exact) mass is 266 g/mol. The van der Waals surface area contributed by atoms with Gasteiger partial charge in [0, 0.05) is 10.4 Å². The first kappa shape index (κ1) is 12.5. The largest absolute Gasteiger partial charge is 0.393 e. The zero-order valence-electron chi connectivity index (χ0n) is 10.7. The van der Waals surface area contributed by atoms with Gasteiger partial charge in [-0.15, -0.1) is 0 Å². The summed E-state index contributed by atoms with van der Waals surface area (Å²) in [5, 5.41) is 10.5. The number of aliphatic hydroxyl groups is 1. The standard InChI is InChI=1S/C15H19ClO2/c1-14-7-6-12(15(14,9-17)18-10-14)8-11-2-4-13(16)5-3-11/h2-5,12,17H,6-10H2,1H3. The van der Waals surface area contributed by atoms with Gasteiger partial charge in [0.05, 0.1) is 13.2 Å². The summed E-state index contributed by atoms with van der Waals surface area (Å²) < 4.78 is 5.83. The highest BCUT2D eigenvalue weighted by molar-refractivity contribution is 6.30. The Kier molecular flexibility index (Phi) is 2.92. The van der Waals surface area contributed by atoms with E-state index in [0.29, 0.717) is 5.92 Å². The summed E-state index contributed by atoms with van der Waals surface area (Å²) in [5.41, 5.74) is 1.16. The second-order valence-corrected chi connectivity index (χ2v) is 6.40. The van der Waals surface area contributed by atoms with Gasteiger partial charge < -0.3 is 9.84 Å². The van der Waals surface area contributed by atoms with Crippen molar-refractivity contribution >= 4 is 11.6 Å². The lowest BCUT2D eigenvalue weighted by molar-refractivity contribution is -0.275. The highest BCUT2D eigenvalue weighted by Crippen LogP contribution is 2.59. The number of rotatable bonds is 3. The summed E-state index contributed by atoms with van der Waals surface area (Å²) in [6.07, 6.45) is 3.26. The average Bonchev–Trinajstić information content (AvgIpc) is 2.54. The Bertz CT molecular complexity index is 440. The first-order valence-corrected chi connectivity index (χ1v) is 6.97. The zero-order chi connectivity index (χ0) is 12.8. The van der Waals surface area contributed by atoms with E-state index in [1.807, 2.05) is 12.1 Å². The van der Waals surface area contributed by atoms with E-state index in [1.165, 1.54) is 5.56 Å². The van der Waals surface area contributed by atoms with Gasteiger partial charge in [0.2, 0.25) is 0 Å². The molecule has 18 heavy (non-hydrogen) atoms. The third-order valence-electron chi connectivity index (χ3n) is 5.00. The van der Waals surface area contributed by atoms with Gasteiger partial charge in [-0.25, -0.2) is 0 Å². The van der Waals surface area contributed by atoms with Crippen molar-refractivity contribution in [3.05, 3.63) is 34.9 Å². The van der Waals surface area contributed by atoms with Crippen LogP contribution in [0.1, 0.15) is 25.3 Å². The molecule has 2 fully saturated rings. The Morgan fingerprint density at radius 2 is 2.11 bits per heavy atom. The normalized spacial score (nSPS) is 38.3. The van der Waals surface area contributed by atoms with E-state index in [0.717, 1.165) is 30.9 Å². The maximum Gasteiger partial charge on any atom is 0.102 e. The van der Waals surface area contributed by atoms with Crippen molar-refractivity contribution in [3.63, 3.8) is 0 Å². The topological polar surface area (TPSA) is 29.5 Å². The van der Waals surface area contributed by atoms with Gasteiger partial charge in [-0.2, -0.15) is 0 Å². The molecule has 3 rings (SSSR count). The van der Waals surface area contributed by atoms with E-state index in [-0.39, 0.29) is 17.6 Å². The molecule has 1 saturated carbocycles. The lowest BCUT2D eigenvalue weighted by Gasteiger charge is -2.55. The molecule has 3 atom stereocenters. The molecule has 0 aromatic heterocycles. The predicted octanol–water partition coefficient (Wildman–Crippen LogP) is 3.06. The zero-order valence-corrected chi connectivity index (χ0v) is 11.4. The van der Waals surface area contributed by atoms with E-state index in [4.69, 9.17) is 16.3 Å². The number of fused-ring (bicyclic) bond motifs is 1. The van der Waals surface area contributed by atoms with Gasteiger partial charge in [-0.1, -0.05) is 30.7 Å². The minimum absolute atomic E-state index is 0.141. The lowest BCUT2D eigenvalue weighted by Crippen LogP contribution is -2.63. The SMILES string of the molecule is CC12CCC(Cc3ccc(Cl)cc3)C1(CO)OC2. The summed E-state index contributed by atoms with van der Waals surface area (Å²) >= 11 is 5.90. The molecule has 3 unspecified atom stereocenters. The van der Waals surface area contributed by atoms with E-state index < -0.39 is 0 Å². The molecule has 0 radical (unpaired) electrons. The number of benzene rings is 1. The van der Waals surface area contributed by atoms with Gasteiger partial charge in [-0.05, 0) is 42.9 Å². The van der Waals surface area contributed by atoms with Crippen LogP contribution in [0, 0.1) is 11.3 Å². The molecule has 3 heteroatoms. The summed E-state index contributed by atoms with van der Waals surface area (Å²) in [4.78, 5) is 0. The van der Waals surface area contributed by atoms with Gasteiger partial charge in [0.1, 0.15) is 5.60 Å². The molecule has 2 nitrogen and oxygen atoms in total. The summed E-state index contributed by atoms with van der Waals surface area (Å²) in [5.74, 6) is 0.419. The van der Waals surface area contributed by atoms with Crippen LogP contribution < -0.4 is 0 Å². The minimum atomic E-state index is -0.299. The molecule has 0 spiro atoms.